The summed E-state index contributed by atoms with van der Waals surface area (Å²) >= 11 is 0. The summed E-state index contributed by atoms with van der Waals surface area (Å²) in [6, 6.07) is 5.29. The molecule has 3 nitrogen and oxygen atoms in total. The smallest absolute Gasteiger partial charge is 0.162 e. The second-order valence-corrected chi connectivity index (χ2v) is 3.36. The minimum absolute atomic E-state index is 0. The highest BCUT2D eigenvalue weighted by Gasteiger charge is 2.20. The van der Waals surface area contributed by atoms with Crippen LogP contribution >= 0.6 is 12.4 Å². The molecule has 0 amide bonds. The summed E-state index contributed by atoms with van der Waals surface area (Å²) in [5.74, 6) is -0.0203. The Morgan fingerprint density at radius 2 is 2.07 bits per heavy atom. The first-order valence-corrected chi connectivity index (χ1v) is 4.53. The zero-order chi connectivity index (χ0) is 9.26. The first-order valence-electron chi connectivity index (χ1n) is 4.53. The lowest BCUT2D eigenvalue weighted by Crippen LogP contribution is -2.12. The summed E-state index contributed by atoms with van der Waals surface area (Å²) < 4.78 is 0. The molecule has 78 valence electrons. The highest BCUT2D eigenvalue weighted by molar-refractivity contribution is 5.85. The number of benzene rings is 1. The molecule has 1 aliphatic rings. The van der Waals surface area contributed by atoms with Gasteiger partial charge in [0.15, 0.2) is 11.5 Å². The van der Waals surface area contributed by atoms with E-state index in [2.05, 4.69) is 5.32 Å². The molecule has 1 atom stereocenters. The molecule has 0 radical (unpaired) electrons. The molecule has 0 saturated carbocycles. The molecule has 1 saturated heterocycles. The number of phenols is 2. The van der Waals surface area contributed by atoms with Gasteiger partial charge in [0.1, 0.15) is 0 Å². The molecule has 1 aromatic rings. The summed E-state index contributed by atoms with van der Waals surface area (Å²) in [4.78, 5) is 0. The predicted octanol–water partition coefficient (Wildman–Crippen LogP) is 1.94. The van der Waals surface area contributed by atoms with E-state index in [1.807, 2.05) is 6.07 Å². The Morgan fingerprint density at radius 1 is 1.29 bits per heavy atom. The van der Waals surface area contributed by atoms with Gasteiger partial charge in [-0.1, -0.05) is 12.1 Å². The van der Waals surface area contributed by atoms with Crippen LogP contribution < -0.4 is 5.32 Å². The minimum Gasteiger partial charge on any atom is -0.504 e. The molecule has 0 aromatic heterocycles. The molecule has 3 N–H and O–H groups in total. The zero-order valence-electron chi connectivity index (χ0n) is 7.73. The predicted molar refractivity (Wildman–Crippen MR) is 57.0 cm³/mol. The van der Waals surface area contributed by atoms with Crippen molar-refractivity contribution < 1.29 is 10.2 Å². The van der Waals surface area contributed by atoms with E-state index < -0.39 is 0 Å². The largest absolute Gasteiger partial charge is 0.504 e. The van der Waals surface area contributed by atoms with Crippen molar-refractivity contribution in [1.29, 1.82) is 0 Å². The van der Waals surface area contributed by atoms with Gasteiger partial charge in [-0.2, -0.15) is 0 Å². The third kappa shape index (κ3) is 1.94. The van der Waals surface area contributed by atoms with Gasteiger partial charge in [0.05, 0.1) is 0 Å². The zero-order valence-corrected chi connectivity index (χ0v) is 8.55. The average molecular weight is 216 g/mol. The Labute approximate surface area is 89.2 Å². The molecular formula is C10H14ClNO2. The van der Waals surface area contributed by atoms with Gasteiger partial charge in [0.25, 0.3) is 0 Å². The van der Waals surface area contributed by atoms with Crippen molar-refractivity contribution in [3.05, 3.63) is 23.8 Å². The average Bonchev–Trinajstić information content (AvgIpc) is 2.62. The molecule has 14 heavy (non-hydrogen) atoms. The highest BCUT2D eigenvalue weighted by Crippen LogP contribution is 2.35. The fourth-order valence-corrected chi connectivity index (χ4v) is 1.78. The summed E-state index contributed by atoms with van der Waals surface area (Å²) in [5, 5.41) is 22.1. The van der Waals surface area contributed by atoms with Crippen LogP contribution in [0.5, 0.6) is 11.5 Å². The van der Waals surface area contributed by atoms with Gasteiger partial charge in [0, 0.05) is 11.6 Å². The Bertz CT molecular complexity index is 311. The molecule has 4 heteroatoms. The molecule has 1 aliphatic heterocycles. The lowest BCUT2D eigenvalue weighted by Gasteiger charge is -2.12. The molecule has 1 heterocycles. The SMILES string of the molecule is Cl.Oc1cccc([C@@H]2CCCN2)c1O. The van der Waals surface area contributed by atoms with Gasteiger partial charge in [-0.15, -0.1) is 12.4 Å². The van der Waals surface area contributed by atoms with Crippen LogP contribution in [-0.4, -0.2) is 16.8 Å². The van der Waals surface area contributed by atoms with E-state index >= 15 is 0 Å². The first kappa shape index (κ1) is 11.1. The maximum Gasteiger partial charge on any atom is 0.162 e. The summed E-state index contributed by atoms with van der Waals surface area (Å²) in [6.45, 7) is 0.986. The molecule has 0 spiro atoms. The van der Waals surface area contributed by atoms with E-state index in [1.165, 1.54) is 6.07 Å². The van der Waals surface area contributed by atoms with Crippen molar-refractivity contribution >= 4 is 12.4 Å². The number of phenolic OH excluding ortho intramolecular Hbond substituents is 2. The van der Waals surface area contributed by atoms with Crippen LogP contribution in [0.4, 0.5) is 0 Å². The fraction of sp³-hybridized carbons (Fsp3) is 0.400. The van der Waals surface area contributed by atoms with Gasteiger partial charge < -0.3 is 15.5 Å². The van der Waals surface area contributed by atoms with Crippen LogP contribution in [0.15, 0.2) is 18.2 Å². The number of para-hydroxylation sites is 1. The maximum atomic E-state index is 9.57. The van der Waals surface area contributed by atoms with Crippen molar-refractivity contribution in [2.24, 2.45) is 0 Å². The normalized spacial score (nSPS) is 20.4. The van der Waals surface area contributed by atoms with Crippen LogP contribution in [0.1, 0.15) is 24.4 Å². The molecule has 1 aromatic carbocycles. The monoisotopic (exact) mass is 215 g/mol. The standard InChI is InChI=1S/C10H13NO2.ClH/c12-9-5-1-3-7(10(9)13)8-4-2-6-11-8;/h1,3,5,8,11-13H,2,4,6H2;1H/t8-;/m0./s1. The van der Waals surface area contributed by atoms with Crippen LogP contribution in [0.25, 0.3) is 0 Å². The van der Waals surface area contributed by atoms with Gasteiger partial charge >= 0.3 is 0 Å². The Balaban J connectivity index is 0.000000980. The first-order chi connectivity index (χ1) is 6.29. The lowest BCUT2D eigenvalue weighted by molar-refractivity contribution is 0.394. The molecule has 0 unspecified atom stereocenters. The van der Waals surface area contributed by atoms with E-state index in [1.54, 1.807) is 6.07 Å². The van der Waals surface area contributed by atoms with E-state index in [9.17, 15) is 10.2 Å². The van der Waals surface area contributed by atoms with E-state index in [0.29, 0.717) is 0 Å². The lowest BCUT2D eigenvalue weighted by atomic mass is 10.0. The van der Waals surface area contributed by atoms with Gasteiger partial charge in [-0.25, -0.2) is 0 Å². The van der Waals surface area contributed by atoms with E-state index in [4.69, 9.17) is 0 Å². The minimum atomic E-state index is -0.0359. The van der Waals surface area contributed by atoms with Crippen molar-refractivity contribution in [3.8, 4) is 11.5 Å². The van der Waals surface area contributed by atoms with Gasteiger partial charge in [-0.3, -0.25) is 0 Å². The molecule has 0 bridgehead atoms. The van der Waals surface area contributed by atoms with Crippen LogP contribution in [0.3, 0.4) is 0 Å². The third-order valence-electron chi connectivity index (χ3n) is 2.48. The van der Waals surface area contributed by atoms with Crippen LogP contribution in [0, 0.1) is 0 Å². The number of hydrogen-bond donors (Lipinski definition) is 3. The van der Waals surface area contributed by atoms with Crippen molar-refractivity contribution in [1.82, 2.24) is 5.32 Å². The topological polar surface area (TPSA) is 52.5 Å². The number of hydrogen-bond acceptors (Lipinski definition) is 3. The molecular weight excluding hydrogens is 202 g/mol. The van der Waals surface area contributed by atoms with Crippen molar-refractivity contribution in [2.75, 3.05) is 6.54 Å². The molecule has 1 fully saturated rings. The van der Waals surface area contributed by atoms with Crippen LogP contribution in [0.2, 0.25) is 0 Å². The fourth-order valence-electron chi connectivity index (χ4n) is 1.78. The maximum absolute atomic E-state index is 9.57. The number of aromatic hydroxyl groups is 2. The molecule has 2 rings (SSSR count). The Kier molecular flexibility index (Phi) is 3.61. The van der Waals surface area contributed by atoms with E-state index in [-0.39, 0.29) is 29.9 Å². The van der Waals surface area contributed by atoms with Crippen LogP contribution in [-0.2, 0) is 0 Å². The second-order valence-electron chi connectivity index (χ2n) is 3.36. The summed E-state index contributed by atoms with van der Waals surface area (Å²) in [5.41, 5.74) is 0.803. The van der Waals surface area contributed by atoms with Gasteiger partial charge in [-0.05, 0) is 25.5 Å². The Morgan fingerprint density at radius 3 is 2.71 bits per heavy atom. The number of halogens is 1. The van der Waals surface area contributed by atoms with E-state index in [0.717, 1.165) is 24.9 Å². The van der Waals surface area contributed by atoms with Gasteiger partial charge in [0.2, 0.25) is 0 Å². The molecule has 0 aliphatic carbocycles. The summed E-state index contributed by atoms with van der Waals surface area (Å²) in [7, 11) is 0. The quantitative estimate of drug-likeness (QED) is 0.628. The summed E-state index contributed by atoms with van der Waals surface area (Å²) in [6.07, 6.45) is 2.15. The number of nitrogens with one attached hydrogen (secondary N) is 1. The second kappa shape index (κ2) is 4.53. The Hall–Kier alpha value is -0.930. The van der Waals surface area contributed by atoms with Crippen molar-refractivity contribution in [2.45, 2.75) is 18.9 Å². The third-order valence-corrected chi connectivity index (χ3v) is 2.48. The highest BCUT2D eigenvalue weighted by atomic mass is 35.5. The number of rotatable bonds is 1. The van der Waals surface area contributed by atoms with Crippen molar-refractivity contribution in [3.63, 3.8) is 0 Å².